The van der Waals surface area contributed by atoms with Gasteiger partial charge in [0.05, 0.1) is 20.1 Å². The van der Waals surface area contributed by atoms with Gasteiger partial charge in [0.2, 0.25) is 0 Å². The minimum atomic E-state index is -0.234. The van der Waals surface area contributed by atoms with Crippen LogP contribution >= 0.6 is 31.9 Å². The highest BCUT2D eigenvalue weighted by Gasteiger charge is 2.12. The van der Waals surface area contributed by atoms with Gasteiger partial charge in [-0.3, -0.25) is 4.79 Å². The number of rotatable bonds is 5. The molecule has 1 aromatic carbocycles. The summed E-state index contributed by atoms with van der Waals surface area (Å²) in [6, 6.07) is 3.81. The van der Waals surface area contributed by atoms with Gasteiger partial charge >= 0.3 is 5.97 Å². The predicted octanol–water partition coefficient (Wildman–Crippen LogP) is 3.46. The molecule has 94 valence electrons. The molecule has 3 nitrogen and oxygen atoms in total. The third-order valence-corrected chi connectivity index (χ3v) is 3.58. The molecule has 0 fully saturated rings. The summed E-state index contributed by atoms with van der Waals surface area (Å²) in [5.74, 6) is 0.534. The third-order valence-electron chi connectivity index (χ3n) is 2.23. The van der Waals surface area contributed by atoms with Crippen molar-refractivity contribution < 1.29 is 14.3 Å². The molecule has 17 heavy (non-hydrogen) atoms. The quantitative estimate of drug-likeness (QED) is 0.592. The van der Waals surface area contributed by atoms with Crippen LogP contribution in [0.3, 0.4) is 0 Å². The summed E-state index contributed by atoms with van der Waals surface area (Å²) in [6.45, 7) is 2.19. The number of ether oxygens (including phenoxy) is 2. The average Bonchev–Trinajstić information content (AvgIpc) is 2.31. The fourth-order valence-corrected chi connectivity index (χ4v) is 2.40. The Bertz CT molecular complexity index is 405. The van der Waals surface area contributed by atoms with Gasteiger partial charge in [-0.15, -0.1) is 0 Å². The van der Waals surface area contributed by atoms with E-state index in [1.807, 2.05) is 12.1 Å². The van der Waals surface area contributed by atoms with E-state index in [1.165, 1.54) is 0 Å². The Balaban J connectivity index is 2.96. The van der Waals surface area contributed by atoms with E-state index in [0.717, 1.165) is 21.3 Å². The highest BCUT2D eigenvalue weighted by atomic mass is 79.9. The van der Waals surface area contributed by atoms with E-state index in [4.69, 9.17) is 9.47 Å². The zero-order valence-corrected chi connectivity index (χ0v) is 12.9. The fourth-order valence-electron chi connectivity index (χ4n) is 1.43. The van der Waals surface area contributed by atoms with Crippen molar-refractivity contribution in [3.05, 3.63) is 27.7 Å². The average molecular weight is 366 g/mol. The second kappa shape index (κ2) is 7.01. The molecule has 0 saturated heterocycles. The van der Waals surface area contributed by atoms with Crippen LogP contribution in [0.2, 0.25) is 0 Å². The first-order valence-corrected chi connectivity index (χ1v) is 7.10. The lowest BCUT2D eigenvalue weighted by Crippen LogP contribution is -2.08. The number of carbonyl (C=O) groups excluding carboxylic acids is 1. The van der Waals surface area contributed by atoms with E-state index in [2.05, 4.69) is 31.9 Å². The molecule has 5 heteroatoms. The second-order valence-corrected chi connectivity index (χ2v) is 4.79. The van der Waals surface area contributed by atoms with E-state index < -0.39 is 0 Å². The minimum Gasteiger partial charge on any atom is -0.496 e. The van der Waals surface area contributed by atoms with Crippen molar-refractivity contribution in [2.24, 2.45) is 0 Å². The number of benzene rings is 1. The number of halogens is 2. The Morgan fingerprint density at radius 2 is 2.06 bits per heavy atom. The Hall–Kier alpha value is -0.550. The summed E-state index contributed by atoms with van der Waals surface area (Å²) in [5, 5.41) is 0.703. The van der Waals surface area contributed by atoms with Gasteiger partial charge in [0, 0.05) is 15.4 Å². The largest absolute Gasteiger partial charge is 0.496 e. The number of esters is 1. The summed E-state index contributed by atoms with van der Waals surface area (Å²) >= 11 is 6.84. The molecule has 0 aliphatic carbocycles. The second-order valence-electron chi connectivity index (χ2n) is 3.37. The number of hydrogen-bond acceptors (Lipinski definition) is 3. The van der Waals surface area contributed by atoms with Gasteiger partial charge in [-0.05, 0) is 24.6 Å². The SMILES string of the molecule is CCOC(=O)Cc1cc(OC)c(CBr)cc1Br. The van der Waals surface area contributed by atoms with Crippen molar-refractivity contribution in [2.45, 2.75) is 18.7 Å². The molecule has 0 aliphatic heterocycles. The molecule has 0 bridgehead atoms. The first-order chi connectivity index (χ1) is 8.12. The maximum Gasteiger partial charge on any atom is 0.310 e. The topological polar surface area (TPSA) is 35.5 Å². The van der Waals surface area contributed by atoms with Crippen molar-refractivity contribution in [2.75, 3.05) is 13.7 Å². The first kappa shape index (κ1) is 14.5. The molecule has 0 spiro atoms. The monoisotopic (exact) mass is 364 g/mol. The zero-order valence-electron chi connectivity index (χ0n) is 9.76. The van der Waals surface area contributed by atoms with Crippen molar-refractivity contribution in [3.63, 3.8) is 0 Å². The lowest BCUT2D eigenvalue weighted by Gasteiger charge is -2.11. The van der Waals surface area contributed by atoms with Crippen LogP contribution in [-0.2, 0) is 21.3 Å². The van der Waals surface area contributed by atoms with Crippen LogP contribution in [0.25, 0.3) is 0 Å². The highest BCUT2D eigenvalue weighted by molar-refractivity contribution is 9.10. The zero-order chi connectivity index (χ0) is 12.8. The molecular weight excluding hydrogens is 352 g/mol. The van der Waals surface area contributed by atoms with Gasteiger partial charge in [0.1, 0.15) is 5.75 Å². The molecule has 0 radical (unpaired) electrons. The van der Waals surface area contributed by atoms with Crippen LogP contribution in [0.5, 0.6) is 5.75 Å². The summed E-state index contributed by atoms with van der Waals surface area (Å²) in [5.41, 5.74) is 1.90. The van der Waals surface area contributed by atoms with Gasteiger partial charge in [-0.25, -0.2) is 0 Å². The van der Waals surface area contributed by atoms with E-state index in [1.54, 1.807) is 14.0 Å². The van der Waals surface area contributed by atoms with E-state index in [-0.39, 0.29) is 12.4 Å². The van der Waals surface area contributed by atoms with Crippen LogP contribution < -0.4 is 4.74 Å². The molecule has 0 saturated carbocycles. The van der Waals surface area contributed by atoms with Gasteiger partial charge in [-0.1, -0.05) is 31.9 Å². The van der Waals surface area contributed by atoms with Gasteiger partial charge in [-0.2, -0.15) is 0 Å². The molecule has 0 amide bonds. The van der Waals surface area contributed by atoms with E-state index in [9.17, 15) is 4.79 Å². The van der Waals surface area contributed by atoms with Gasteiger partial charge in [0.15, 0.2) is 0 Å². The third kappa shape index (κ3) is 4.00. The smallest absolute Gasteiger partial charge is 0.310 e. The summed E-state index contributed by atoms with van der Waals surface area (Å²) < 4.78 is 11.1. The van der Waals surface area contributed by atoms with Crippen LogP contribution in [-0.4, -0.2) is 19.7 Å². The molecule has 0 unspecified atom stereocenters. The maximum absolute atomic E-state index is 11.4. The van der Waals surface area contributed by atoms with Crippen LogP contribution in [0.1, 0.15) is 18.1 Å². The Labute approximate surface area is 118 Å². The van der Waals surface area contributed by atoms with Crippen LogP contribution in [0.15, 0.2) is 16.6 Å². The lowest BCUT2D eigenvalue weighted by atomic mass is 10.1. The molecule has 1 aromatic rings. The van der Waals surface area contributed by atoms with Gasteiger partial charge in [0.25, 0.3) is 0 Å². The molecule has 0 aliphatic rings. The van der Waals surface area contributed by atoms with Gasteiger partial charge < -0.3 is 9.47 Å². The number of hydrogen-bond donors (Lipinski definition) is 0. The van der Waals surface area contributed by atoms with Crippen molar-refractivity contribution in [1.82, 2.24) is 0 Å². The van der Waals surface area contributed by atoms with Crippen LogP contribution in [0, 0.1) is 0 Å². The molecule has 0 aromatic heterocycles. The Kier molecular flexibility index (Phi) is 5.98. The Morgan fingerprint density at radius 3 is 2.59 bits per heavy atom. The number of alkyl halides is 1. The molecule has 0 N–H and O–H groups in total. The standard InChI is InChI=1S/C12H14Br2O3/c1-3-17-12(15)6-8-5-11(16-2)9(7-13)4-10(8)14/h4-5H,3,6-7H2,1-2H3. The first-order valence-electron chi connectivity index (χ1n) is 5.19. The lowest BCUT2D eigenvalue weighted by molar-refractivity contribution is -0.142. The minimum absolute atomic E-state index is 0.234. The molecule has 1 rings (SSSR count). The summed E-state index contributed by atoms with van der Waals surface area (Å²) in [6.07, 6.45) is 0.243. The maximum atomic E-state index is 11.4. The summed E-state index contributed by atoms with van der Waals surface area (Å²) in [7, 11) is 1.61. The number of methoxy groups -OCH3 is 1. The molecule has 0 heterocycles. The van der Waals surface area contributed by atoms with Crippen LogP contribution in [0.4, 0.5) is 0 Å². The predicted molar refractivity (Wildman–Crippen MR) is 73.7 cm³/mol. The summed E-state index contributed by atoms with van der Waals surface area (Å²) in [4.78, 5) is 11.4. The van der Waals surface area contributed by atoms with E-state index >= 15 is 0 Å². The molecule has 0 atom stereocenters. The Morgan fingerprint density at radius 1 is 1.35 bits per heavy atom. The highest BCUT2D eigenvalue weighted by Crippen LogP contribution is 2.29. The molecular formula is C12H14Br2O3. The van der Waals surface area contributed by atoms with E-state index in [0.29, 0.717) is 11.9 Å². The van der Waals surface area contributed by atoms with Crippen molar-refractivity contribution in [1.29, 1.82) is 0 Å². The number of carbonyl (C=O) groups is 1. The van der Waals surface area contributed by atoms with Crippen molar-refractivity contribution in [3.8, 4) is 5.75 Å². The fraction of sp³-hybridized carbons (Fsp3) is 0.417. The normalized spacial score (nSPS) is 10.1. The van der Waals surface area contributed by atoms with Crippen molar-refractivity contribution >= 4 is 37.8 Å².